The third-order valence-electron chi connectivity index (χ3n) is 4.41. The molecular formula is C18H25NO4. The van der Waals surface area contributed by atoms with Crippen molar-refractivity contribution in [2.75, 3.05) is 20.2 Å². The number of hydrogen-bond donors (Lipinski definition) is 1. The maximum Gasteiger partial charge on any atom is 0.308 e. The van der Waals surface area contributed by atoms with E-state index in [1.165, 1.54) is 0 Å². The summed E-state index contributed by atoms with van der Waals surface area (Å²) in [6.07, 6.45) is 2.63. The lowest BCUT2D eigenvalue weighted by atomic mass is 9.94. The van der Waals surface area contributed by atoms with Gasteiger partial charge in [-0.3, -0.25) is 9.59 Å². The minimum absolute atomic E-state index is 0.0540. The standard InChI is InChI=1S/C18H25NO4/c1-13(10-14-6-3-4-8-16(14)23-2)11-17(20)19-9-5-7-15(12-19)18(21)22/h3-4,6,8,13,15H,5,7,9-12H2,1-2H3,(H,21,22)/t13?,15-/m0/s1. The zero-order valence-corrected chi connectivity index (χ0v) is 13.8. The van der Waals surface area contributed by atoms with Crippen LogP contribution in [0.15, 0.2) is 24.3 Å². The molecule has 1 aliphatic rings. The average Bonchev–Trinajstić information content (AvgIpc) is 2.55. The summed E-state index contributed by atoms with van der Waals surface area (Å²) in [5.74, 6) is -0.139. The van der Waals surface area contributed by atoms with Crippen molar-refractivity contribution in [3.63, 3.8) is 0 Å². The van der Waals surface area contributed by atoms with Gasteiger partial charge in [-0.05, 0) is 36.8 Å². The quantitative estimate of drug-likeness (QED) is 0.875. The Morgan fingerprint density at radius 2 is 2.13 bits per heavy atom. The number of benzene rings is 1. The number of piperidine rings is 1. The molecule has 0 radical (unpaired) electrons. The van der Waals surface area contributed by atoms with Crippen LogP contribution in [0.4, 0.5) is 0 Å². The predicted octanol–water partition coefficient (Wildman–Crippen LogP) is 2.59. The van der Waals surface area contributed by atoms with Crippen LogP contribution in [-0.2, 0) is 16.0 Å². The molecular weight excluding hydrogens is 294 g/mol. The lowest BCUT2D eigenvalue weighted by molar-refractivity contribution is -0.145. The van der Waals surface area contributed by atoms with Crippen LogP contribution in [0, 0.1) is 11.8 Å². The van der Waals surface area contributed by atoms with E-state index in [9.17, 15) is 9.59 Å². The zero-order valence-electron chi connectivity index (χ0n) is 13.8. The Bertz CT molecular complexity index is 558. The summed E-state index contributed by atoms with van der Waals surface area (Å²) in [5, 5.41) is 9.12. The van der Waals surface area contributed by atoms with Gasteiger partial charge in [-0.25, -0.2) is 0 Å². The number of para-hydroxylation sites is 1. The summed E-state index contributed by atoms with van der Waals surface area (Å²) in [6, 6.07) is 7.83. The van der Waals surface area contributed by atoms with E-state index in [0.29, 0.717) is 25.9 Å². The van der Waals surface area contributed by atoms with Gasteiger partial charge >= 0.3 is 5.97 Å². The first-order chi connectivity index (χ1) is 11.0. The Kier molecular flexibility index (Phi) is 6.02. The van der Waals surface area contributed by atoms with Gasteiger partial charge in [0.25, 0.3) is 0 Å². The molecule has 0 bridgehead atoms. The third kappa shape index (κ3) is 4.71. The first-order valence-corrected chi connectivity index (χ1v) is 8.13. The van der Waals surface area contributed by atoms with Crippen LogP contribution in [0.5, 0.6) is 5.75 Å². The van der Waals surface area contributed by atoms with Crippen molar-refractivity contribution in [2.45, 2.75) is 32.6 Å². The smallest absolute Gasteiger partial charge is 0.308 e. The third-order valence-corrected chi connectivity index (χ3v) is 4.41. The number of aliphatic carboxylic acids is 1. The number of ether oxygens (including phenoxy) is 1. The van der Waals surface area contributed by atoms with Crippen LogP contribution < -0.4 is 4.74 Å². The van der Waals surface area contributed by atoms with Crippen LogP contribution in [-0.4, -0.2) is 42.1 Å². The molecule has 1 heterocycles. The molecule has 1 aromatic carbocycles. The molecule has 5 heteroatoms. The van der Waals surface area contributed by atoms with E-state index in [4.69, 9.17) is 9.84 Å². The highest BCUT2D eigenvalue weighted by molar-refractivity contribution is 5.78. The Balaban J connectivity index is 1.90. The molecule has 1 N–H and O–H groups in total. The molecule has 0 saturated carbocycles. The molecule has 0 spiro atoms. The highest BCUT2D eigenvalue weighted by atomic mass is 16.5. The fourth-order valence-corrected chi connectivity index (χ4v) is 3.15. The molecule has 1 unspecified atom stereocenters. The lowest BCUT2D eigenvalue weighted by Gasteiger charge is -2.31. The number of rotatable bonds is 6. The second-order valence-electron chi connectivity index (χ2n) is 6.34. The first kappa shape index (κ1) is 17.3. The maximum atomic E-state index is 12.4. The van der Waals surface area contributed by atoms with Gasteiger partial charge in [0.05, 0.1) is 13.0 Å². The van der Waals surface area contributed by atoms with E-state index in [0.717, 1.165) is 24.2 Å². The monoisotopic (exact) mass is 319 g/mol. The molecule has 1 amide bonds. The van der Waals surface area contributed by atoms with Crippen LogP contribution in [0.2, 0.25) is 0 Å². The maximum absolute atomic E-state index is 12.4. The SMILES string of the molecule is COc1ccccc1CC(C)CC(=O)N1CCC[C@H](C(=O)O)C1. The zero-order chi connectivity index (χ0) is 16.8. The largest absolute Gasteiger partial charge is 0.496 e. The number of amides is 1. The highest BCUT2D eigenvalue weighted by Crippen LogP contribution is 2.23. The number of nitrogens with zero attached hydrogens (tertiary/aromatic N) is 1. The molecule has 1 aliphatic heterocycles. The minimum atomic E-state index is -0.801. The van der Waals surface area contributed by atoms with Gasteiger partial charge in [0, 0.05) is 19.5 Å². The summed E-state index contributed by atoms with van der Waals surface area (Å²) in [7, 11) is 1.65. The lowest BCUT2D eigenvalue weighted by Crippen LogP contribution is -2.42. The molecule has 2 rings (SSSR count). The van der Waals surface area contributed by atoms with Crippen molar-refractivity contribution in [1.29, 1.82) is 0 Å². The van der Waals surface area contributed by atoms with Crippen molar-refractivity contribution in [3.8, 4) is 5.75 Å². The summed E-state index contributed by atoms with van der Waals surface area (Å²) in [5.41, 5.74) is 1.09. The summed E-state index contributed by atoms with van der Waals surface area (Å²) >= 11 is 0. The normalized spacial score (nSPS) is 19.2. The fourth-order valence-electron chi connectivity index (χ4n) is 3.15. The summed E-state index contributed by atoms with van der Waals surface area (Å²) in [4.78, 5) is 25.2. The molecule has 126 valence electrons. The summed E-state index contributed by atoms with van der Waals surface area (Å²) < 4.78 is 5.35. The molecule has 0 aromatic heterocycles. The fraction of sp³-hybridized carbons (Fsp3) is 0.556. The van der Waals surface area contributed by atoms with Crippen molar-refractivity contribution in [3.05, 3.63) is 29.8 Å². The van der Waals surface area contributed by atoms with Crippen LogP contribution in [0.25, 0.3) is 0 Å². The van der Waals surface area contributed by atoms with Crippen molar-refractivity contribution in [2.24, 2.45) is 11.8 Å². The Labute approximate surface area is 137 Å². The van der Waals surface area contributed by atoms with E-state index >= 15 is 0 Å². The van der Waals surface area contributed by atoms with Crippen molar-refractivity contribution < 1.29 is 19.4 Å². The molecule has 5 nitrogen and oxygen atoms in total. The molecule has 1 aromatic rings. The molecule has 1 saturated heterocycles. The molecule has 23 heavy (non-hydrogen) atoms. The predicted molar refractivity (Wildman–Crippen MR) is 87.4 cm³/mol. The van der Waals surface area contributed by atoms with E-state index in [1.807, 2.05) is 31.2 Å². The molecule has 1 fully saturated rings. The number of carboxylic acids is 1. The number of likely N-dealkylation sites (tertiary alicyclic amines) is 1. The van der Waals surface area contributed by atoms with Gasteiger partial charge in [-0.1, -0.05) is 25.1 Å². The van der Waals surface area contributed by atoms with Crippen LogP contribution in [0.3, 0.4) is 0 Å². The summed E-state index contributed by atoms with van der Waals surface area (Å²) in [6.45, 7) is 3.06. The number of hydrogen-bond acceptors (Lipinski definition) is 3. The van der Waals surface area contributed by atoms with E-state index in [-0.39, 0.29) is 11.8 Å². The highest BCUT2D eigenvalue weighted by Gasteiger charge is 2.28. The van der Waals surface area contributed by atoms with Gasteiger partial charge in [0.1, 0.15) is 5.75 Å². The first-order valence-electron chi connectivity index (χ1n) is 8.13. The van der Waals surface area contributed by atoms with Gasteiger partial charge in [-0.15, -0.1) is 0 Å². The van der Waals surface area contributed by atoms with Gasteiger partial charge in [0.15, 0.2) is 0 Å². The van der Waals surface area contributed by atoms with Crippen LogP contribution in [0.1, 0.15) is 31.7 Å². The second kappa shape index (κ2) is 7.99. The van der Waals surface area contributed by atoms with E-state index < -0.39 is 11.9 Å². The number of carbonyl (C=O) groups excluding carboxylic acids is 1. The number of methoxy groups -OCH3 is 1. The Morgan fingerprint density at radius 1 is 1.39 bits per heavy atom. The number of carboxylic acid groups (broad SMARTS) is 1. The Hall–Kier alpha value is -2.04. The topological polar surface area (TPSA) is 66.8 Å². The van der Waals surface area contributed by atoms with Gasteiger partial charge < -0.3 is 14.7 Å². The van der Waals surface area contributed by atoms with Gasteiger partial charge in [-0.2, -0.15) is 0 Å². The van der Waals surface area contributed by atoms with Crippen LogP contribution >= 0.6 is 0 Å². The van der Waals surface area contributed by atoms with E-state index in [2.05, 4.69) is 0 Å². The Morgan fingerprint density at radius 3 is 2.83 bits per heavy atom. The van der Waals surface area contributed by atoms with Gasteiger partial charge in [0.2, 0.25) is 5.91 Å². The van der Waals surface area contributed by atoms with Crippen molar-refractivity contribution in [1.82, 2.24) is 4.90 Å². The molecule has 2 atom stereocenters. The average molecular weight is 319 g/mol. The van der Waals surface area contributed by atoms with Crippen molar-refractivity contribution >= 4 is 11.9 Å². The number of carbonyl (C=O) groups is 2. The van der Waals surface area contributed by atoms with E-state index in [1.54, 1.807) is 12.0 Å². The molecule has 0 aliphatic carbocycles. The minimum Gasteiger partial charge on any atom is -0.496 e. The second-order valence-corrected chi connectivity index (χ2v) is 6.34.